The number of benzene rings is 1. The molecule has 2 unspecified atom stereocenters. The zero-order valence-corrected chi connectivity index (χ0v) is 15.7. The number of nitrogens with zero attached hydrogens (tertiary/aromatic N) is 1. The summed E-state index contributed by atoms with van der Waals surface area (Å²) in [6.07, 6.45) is 2.12. The molecule has 3 nitrogen and oxygen atoms in total. The van der Waals surface area contributed by atoms with Crippen molar-refractivity contribution in [1.82, 2.24) is 0 Å². The Morgan fingerprint density at radius 3 is 2.48 bits per heavy atom. The average Bonchev–Trinajstić information content (AvgIpc) is 2.49. The molecule has 1 aromatic carbocycles. The van der Waals surface area contributed by atoms with Crippen LogP contribution in [-0.2, 0) is 4.79 Å². The van der Waals surface area contributed by atoms with Crippen LogP contribution in [0.3, 0.4) is 0 Å². The van der Waals surface area contributed by atoms with Gasteiger partial charge >= 0.3 is 5.97 Å². The van der Waals surface area contributed by atoms with Crippen LogP contribution in [0, 0.1) is 0 Å². The number of hydrogen-bond acceptors (Lipinski definition) is 2. The van der Waals surface area contributed by atoms with Crippen LogP contribution in [0.1, 0.15) is 39.2 Å². The van der Waals surface area contributed by atoms with Gasteiger partial charge in [-0.1, -0.05) is 45.5 Å². The van der Waals surface area contributed by atoms with E-state index in [0.717, 1.165) is 23.6 Å². The molecule has 1 N–H and O–H groups in total. The van der Waals surface area contributed by atoms with Crippen molar-refractivity contribution in [3.05, 3.63) is 46.1 Å². The molecular weight excluding hydrogens is 329 g/mol. The van der Waals surface area contributed by atoms with Gasteiger partial charge in [-0.3, -0.25) is 4.99 Å². The Bertz CT molecular complexity index is 665. The van der Waals surface area contributed by atoms with Crippen molar-refractivity contribution in [2.75, 3.05) is 12.3 Å². The van der Waals surface area contributed by atoms with Crippen LogP contribution < -0.4 is 0 Å². The first kappa shape index (κ1) is 18.2. The van der Waals surface area contributed by atoms with Gasteiger partial charge < -0.3 is 5.11 Å². The maximum Gasteiger partial charge on any atom is 0.334 e. The summed E-state index contributed by atoms with van der Waals surface area (Å²) in [7, 11) is -0.328. The summed E-state index contributed by atoms with van der Waals surface area (Å²) >= 11 is 6.17. The number of aliphatic carboxylic acids is 1. The molecule has 5 heteroatoms. The van der Waals surface area contributed by atoms with E-state index in [1.807, 2.05) is 31.2 Å². The Morgan fingerprint density at radius 1 is 1.30 bits per heavy atom. The van der Waals surface area contributed by atoms with E-state index in [-0.39, 0.29) is 19.5 Å². The largest absolute Gasteiger partial charge is 0.478 e. The standard InChI is InChI=1S/C18H23ClNO2P/c1-5-23(6-2)17-12(4)20-11(3)15(18(21)22)16(17)13-8-7-9-14(19)10-13/h7-10,16-17H,5-6H2,1-4H3,(H,21,22). The minimum Gasteiger partial charge on any atom is -0.478 e. The lowest BCUT2D eigenvalue weighted by Crippen LogP contribution is -2.33. The molecule has 23 heavy (non-hydrogen) atoms. The van der Waals surface area contributed by atoms with Crippen LogP contribution in [0.25, 0.3) is 0 Å². The number of halogens is 1. The highest BCUT2D eigenvalue weighted by Gasteiger charge is 2.39. The number of hydrogen-bond donors (Lipinski definition) is 1. The summed E-state index contributed by atoms with van der Waals surface area (Å²) < 4.78 is 0. The first-order chi connectivity index (χ1) is 10.9. The molecule has 0 saturated heterocycles. The molecule has 2 rings (SSSR count). The Balaban J connectivity index is 2.65. The van der Waals surface area contributed by atoms with Gasteiger partial charge in [0.15, 0.2) is 0 Å². The summed E-state index contributed by atoms with van der Waals surface area (Å²) in [4.78, 5) is 16.5. The summed E-state index contributed by atoms with van der Waals surface area (Å²) in [6, 6.07) is 7.60. The molecule has 1 aliphatic rings. The van der Waals surface area contributed by atoms with Crippen LogP contribution in [0.15, 0.2) is 40.5 Å². The van der Waals surface area contributed by atoms with E-state index in [4.69, 9.17) is 11.6 Å². The van der Waals surface area contributed by atoms with Crippen LogP contribution >= 0.6 is 19.5 Å². The Labute approximate surface area is 144 Å². The van der Waals surface area contributed by atoms with Crippen LogP contribution in [-0.4, -0.2) is 34.8 Å². The van der Waals surface area contributed by atoms with Gasteiger partial charge in [-0.05, 0) is 43.9 Å². The van der Waals surface area contributed by atoms with Crippen molar-refractivity contribution in [2.45, 2.75) is 39.3 Å². The highest BCUT2D eigenvalue weighted by Crippen LogP contribution is 2.52. The van der Waals surface area contributed by atoms with Crippen molar-refractivity contribution >= 4 is 31.2 Å². The molecule has 124 valence electrons. The van der Waals surface area contributed by atoms with E-state index in [0.29, 0.717) is 16.3 Å². The molecule has 0 amide bonds. The average molecular weight is 352 g/mol. The minimum atomic E-state index is -0.879. The predicted octanol–water partition coefficient (Wildman–Crippen LogP) is 5.15. The van der Waals surface area contributed by atoms with E-state index in [1.54, 1.807) is 6.92 Å². The second-order valence-electron chi connectivity index (χ2n) is 5.76. The lowest BCUT2D eigenvalue weighted by atomic mass is 9.83. The highest BCUT2D eigenvalue weighted by molar-refractivity contribution is 7.59. The van der Waals surface area contributed by atoms with Crippen molar-refractivity contribution < 1.29 is 9.90 Å². The fourth-order valence-electron chi connectivity index (χ4n) is 3.44. The third kappa shape index (κ3) is 3.67. The molecule has 2 atom stereocenters. The van der Waals surface area contributed by atoms with Crippen LogP contribution in [0.5, 0.6) is 0 Å². The van der Waals surface area contributed by atoms with E-state index >= 15 is 0 Å². The van der Waals surface area contributed by atoms with E-state index in [2.05, 4.69) is 18.8 Å². The van der Waals surface area contributed by atoms with E-state index in [1.165, 1.54) is 0 Å². The fraction of sp³-hybridized carbons (Fsp3) is 0.444. The zero-order valence-electron chi connectivity index (χ0n) is 14.0. The van der Waals surface area contributed by atoms with Gasteiger partial charge in [-0.15, -0.1) is 0 Å². The van der Waals surface area contributed by atoms with Crippen molar-refractivity contribution in [3.63, 3.8) is 0 Å². The molecule has 0 aliphatic carbocycles. The number of carboxylic acid groups (broad SMARTS) is 1. The van der Waals surface area contributed by atoms with Crippen molar-refractivity contribution in [1.29, 1.82) is 0 Å². The SMILES string of the molecule is CCP(CC)C1C(C)=NC(C)=C(C(=O)O)C1c1cccc(Cl)c1. The number of aliphatic imine (C=N–C) groups is 1. The summed E-state index contributed by atoms with van der Waals surface area (Å²) in [5, 5.41) is 10.4. The first-order valence-electron chi connectivity index (χ1n) is 7.89. The topological polar surface area (TPSA) is 49.7 Å². The predicted molar refractivity (Wildman–Crippen MR) is 99.4 cm³/mol. The number of allylic oxidation sites excluding steroid dienone is 1. The van der Waals surface area contributed by atoms with Gasteiger partial charge in [0.05, 0.1) is 5.57 Å². The summed E-state index contributed by atoms with van der Waals surface area (Å²) in [5.74, 6) is -1.05. The second-order valence-corrected chi connectivity index (χ2v) is 9.19. The van der Waals surface area contributed by atoms with Gasteiger partial charge in [0.2, 0.25) is 0 Å². The molecule has 0 aromatic heterocycles. The van der Waals surface area contributed by atoms with Gasteiger partial charge in [0, 0.05) is 28.0 Å². The second kappa shape index (κ2) is 7.59. The Kier molecular flexibility index (Phi) is 6.00. The molecule has 0 saturated carbocycles. The van der Waals surface area contributed by atoms with Crippen molar-refractivity contribution in [3.8, 4) is 0 Å². The minimum absolute atomic E-state index is 0.160. The van der Waals surface area contributed by atoms with Crippen molar-refractivity contribution in [2.24, 2.45) is 4.99 Å². The summed E-state index contributed by atoms with van der Waals surface area (Å²) in [6.45, 7) is 8.19. The molecule has 0 bridgehead atoms. The molecule has 1 aliphatic heterocycles. The number of carbonyl (C=O) groups is 1. The normalized spacial score (nSPS) is 21.6. The molecular formula is C18H23ClNO2P. The number of rotatable bonds is 5. The van der Waals surface area contributed by atoms with Gasteiger partial charge in [-0.25, -0.2) is 4.79 Å². The van der Waals surface area contributed by atoms with E-state index in [9.17, 15) is 9.90 Å². The fourth-order valence-corrected chi connectivity index (χ4v) is 6.21. The van der Waals surface area contributed by atoms with Gasteiger partial charge in [-0.2, -0.15) is 0 Å². The third-order valence-electron chi connectivity index (χ3n) is 4.43. The quantitative estimate of drug-likeness (QED) is 0.746. The smallest absolute Gasteiger partial charge is 0.334 e. The lowest BCUT2D eigenvalue weighted by molar-refractivity contribution is -0.133. The Morgan fingerprint density at radius 2 is 1.96 bits per heavy atom. The maximum absolute atomic E-state index is 11.9. The molecule has 1 heterocycles. The molecule has 1 aromatic rings. The van der Waals surface area contributed by atoms with Crippen LogP contribution in [0.4, 0.5) is 0 Å². The van der Waals surface area contributed by atoms with Gasteiger partial charge in [0.25, 0.3) is 0 Å². The van der Waals surface area contributed by atoms with E-state index < -0.39 is 5.97 Å². The molecule has 0 radical (unpaired) electrons. The summed E-state index contributed by atoms with van der Waals surface area (Å²) in [5.41, 5.74) is 3.21. The van der Waals surface area contributed by atoms with Gasteiger partial charge in [0.1, 0.15) is 0 Å². The molecule has 0 fully saturated rings. The Hall–Kier alpha value is -1.18. The van der Waals surface area contributed by atoms with Crippen LogP contribution in [0.2, 0.25) is 5.02 Å². The first-order valence-corrected chi connectivity index (χ1v) is 10.0. The zero-order chi connectivity index (χ0) is 17.1. The third-order valence-corrected chi connectivity index (χ3v) is 7.75. The monoisotopic (exact) mass is 351 g/mol. The lowest BCUT2D eigenvalue weighted by Gasteiger charge is -2.37. The number of carboxylic acids is 1. The highest BCUT2D eigenvalue weighted by atomic mass is 35.5. The molecule has 0 spiro atoms. The maximum atomic E-state index is 11.9.